The van der Waals surface area contributed by atoms with E-state index in [2.05, 4.69) is 25.9 Å². The van der Waals surface area contributed by atoms with E-state index in [1.165, 1.54) is 0 Å². The van der Waals surface area contributed by atoms with Crippen LogP contribution in [0.1, 0.15) is 5.56 Å². The second-order valence-electron chi connectivity index (χ2n) is 4.56. The summed E-state index contributed by atoms with van der Waals surface area (Å²) in [7, 11) is 1.60. The van der Waals surface area contributed by atoms with Gasteiger partial charge in [-0.05, 0) is 52.8 Å². The van der Waals surface area contributed by atoms with E-state index in [1.54, 1.807) is 19.4 Å². The number of nitrogens with one attached hydrogen (secondary N) is 1. The van der Waals surface area contributed by atoms with Crippen molar-refractivity contribution >= 4 is 50.9 Å². The number of benzene rings is 1. The molecule has 4 nitrogen and oxygen atoms in total. The van der Waals surface area contributed by atoms with Crippen LogP contribution in [0.2, 0.25) is 5.02 Å². The molecule has 2 heterocycles. The molecule has 0 bridgehead atoms. The lowest BCUT2D eigenvalue weighted by Gasteiger charge is -2.12. The Balaban J connectivity index is 2.38. The van der Waals surface area contributed by atoms with Gasteiger partial charge in [-0.25, -0.2) is 4.98 Å². The minimum atomic E-state index is 0.552. The van der Waals surface area contributed by atoms with Crippen LogP contribution in [0.5, 0.6) is 5.75 Å². The van der Waals surface area contributed by atoms with Gasteiger partial charge in [-0.3, -0.25) is 4.57 Å². The Morgan fingerprint density at radius 2 is 2.14 bits per heavy atom. The van der Waals surface area contributed by atoms with Gasteiger partial charge in [0.1, 0.15) is 5.75 Å². The lowest BCUT2D eigenvalue weighted by molar-refractivity contribution is 0.413. The van der Waals surface area contributed by atoms with Gasteiger partial charge in [0, 0.05) is 21.8 Å². The molecule has 0 aliphatic carbocycles. The minimum absolute atomic E-state index is 0.552. The standard InChI is InChI=1S/C14H11BrClN3OS/c1-7-3-11(12(20-2)5-9(7)16)19-13-10(18-14(19)21)4-8(15)6-17-13/h3-6H,1-2H3,(H,18,21). The molecule has 1 aromatic carbocycles. The summed E-state index contributed by atoms with van der Waals surface area (Å²) in [6.07, 6.45) is 1.73. The fourth-order valence-corrected chi connectivity index (χ4v) is 2.96. The van der Waals surface area contributed by atoms with Crippen molar-refractivity contribution in [2.24, 2.45) is 0 Å². The molecule has 0 saturated carbocycles. The maximum absolute atomic E-state index is 6.16. The molecule has 0 atom stereocenters. The van der Waals surface area contributed by atoms with Crippen molar-refractivity contribution in [3.8, 4) is 11.4 Å². The molecule has 108 valence electrons. The van der Waals surface area contributed by atoms with Crippen LogP contribution >= 0.6 is 39.7 Å². The number of halogens is 2. The maximum Gasteiger partial charge on any atom is 0.184 e. The Morgan fingerprint density at radius 3 is 2.86 bits per heavy atom. The highest BCUT2D eigenvalue weighted by Crippen LogP contribution is 2.32. The number of aromatic nitrogens is 3. The third-order valence-electron chi connectivity index (χ3n) is 3.19. The second-order valence-corrected chi connectivity index (χ2v) is 6.27. The lowest BCUT2D eigenvalue weighted by Crippen LogP contribution is -2.00. The summed E-state index contributed by atoms with van der Waals surface area (Å²) in [5, 5.41) is 0.651. The predicted octanol–water partition coefficient (Wildman–Crippen LogP) is 4.82. The zero-order valence-electron chi connectivity index (χ0n) is 11.3. The van der Waals surface area contributed by atoms with Crippen molar-refractivity contribution < 1.29 is 4.74 Å². The molecule has 0 aliphatic heterocycles. The number of H-pyrrole nitrogens is 1. The highest BCUT2D eigenvalue weighted by molar-refractivity contribution is 9.10. The van der Waals surface area contributed by atoms with Crippen LogP contribution < -0.4 is 4.74 Å². The van der Waals surface area contributed by atoms with Crippen LogP contribution in [0.3, 0.4) is 0 Å². The maximum atomic E-state index is 6.16. The molecule has 0 unspecified atom stereocenters. The zero-order valence-corrected chi connectivity index (χ0v) is 14.4. The lowest BCUT2D eigenvalue weighted by atomic mass is 10.2. The monoisotopic (exact) mass is 383 g/mol. The number of imidazole rings is 1. The molecule has 2 aromatic heterocycles. The topological polar surface area (TPSA) is 42.8 Å². The summed E-state index contributed by atoms with van der Waals surface area (Å²) < 4.78 is 8.71. The first-order valence-corrected chi connectivity index (χ1v) is 7.70. The van der Waals surface area contributed by atoms with Gasteiger partial charge in [0.2, 0.25) is 0 Å². The Kier molecular flexibility index (Phi) is 3.77. The summed E-state index contributed by atoms with van der Waals surface area (Å²) in [5.74, 6) is 0.646. The van der Waals surface area contributed by atoms with Crippen LogP contribution in [0.15, 0.2) is 28.9 Å². The van der Waals surface area contributed by atoms with Crippen molar-refractivity contribution in [2.45, 2.75) is 6.92 Å². The van der Waals surface area contributed by atoms with E-state index in [0.717, 1.165) is 26.9 Å². The first-order chi connectivity index (χ1) is 10.0. The summed E-state index contributed by atoms with van der Waals surface area (Å²) in [6.45, 7) is 1.94. The van der Waals surface area contributed by atoms with Gasteiger partial charge >= 0.3 is 0 Å². The molecule has 3 aromatic rings. The van der Waals surface area contributed by atoms with E-state index in [0.29, 0.717) is 15.5 Å². The fraction of sp³-hybridized carbons (Fsp3) is 0.143. The molecule has 0 saturated heterocycles. The van der Waals surface area contributed by atoms with E-state index in [4.69, 9.17) is 28.6 Å². The number of aryl methyl sites for hydroxylation is 1. The van der Waals surface area contributed by atoms with E-state index in [-0.39, 0.29) is 0 Å². The number of ether oxygens (including phenoxy) is 1. The summed E-state index contributed by atoms with van der Waals surface area (Å²) in [4.78, 5) is 7.58. The van der Waals surface area contributed by atoms with Crippen molar-refractivity contribution in [1.29, 1.82) is 0 Å². The number of aromatic amines is 1. The first kappa shape index (κ1) is 14.6. The summed E-state index contributed by atoms with van der Waals surface area (Å²) in [6, 6.07) is 5.66. The molecule has 0 amide bonds. The molecular formula is C14H11BrClN3OS. The summed E-state index contributed by atoms with van der Waals surface area (Å²) >= 11 is 15.0. The van der Waals surface area contributed by atoms with Gasteiger partial charge in [0.05, 0.1) is 18.3 Å². The first-order valence-electron chi connectivity index (χ1n) is 6.12. The van der Waals surface area contributed by atoms with Crippen LogP contribution in [-0.4, -0.2) is 21.6 Å². The SMILES string of the molecule is COc1cc(Cl)c(C)cc1-n1c(=S)[nH]c2cc(Br)cnc21. The number of pyridine rings is 1. The Labute approximate surface area is 139 Å². The third kappa shape index (κ3) is 2.47. The van der Waals surface area contributed by atoms with E-state index >= 15 is 0 Å². The second kappa shape index (κ2) is 5.44. The molecular weight excluding hydrogens is 374 g/mol. The Bertz CT molecular complexity index is 903. The average molecular weight is 385 g/mol. The van der Waals surface area contributed by atoms with Crippen molar-refractivity contribution in [2.75, 3.05) is 7.11 Å². The van der Waals surface area contributed by atoms with Crippen LogP contribution in [0.4, 0.5) is 0 Å². The zero-order chi connectivity index (χ0) is 15.1. The van der Waals surface area contributed by atoms with Crippen LogP contribution in [-0.2, 0) is 0 Å². The quantitative estimate of drug-likeness (QED) is 0.644. The van der Waals surface area contributed by atoms with Crippen LogP contribution in [0.25, 0.3) is 16.9 Å². The fourth-order valence-electron chi connectivity index (χ4n) is 2.18. The largest absolute Gasteiger partial charge is 0.495 e. The van der Waals surface area contributed by atoms with Crippen molar-refractivity contribution in [3.05, 3.63) is 44.2 Å². The molecule has 0 aliphatic rings. The van der Waals surface area contributed by atoms with Crippen LogP contribution in [0, 0.1) is 11.7 Å². The molecule has 0 fully saturated rings. The third-order valence-corrected chi connectivity index (χ3v) is 4.32. The van der Waals surface area contributed by atoms with Gasteiger partial charge in [-0.1, -0.05) is 11.6 Å². The summed E-state index contributed by atoms with van der Waals surface area (Å²) in [5.41, 5.74) is 3.35. The number of rotatable bonds is 2. The number of nitrogens with zero attached hydrogens (tertiary/aromatic N) is 2. The number of hydrogen-bond donors (Lipinski definition) is 1. The molecule has 7 heteroatoms. The van der Waals surface area contributed by atoms with Gasteiger partial charge < -0.3 is 9.72 Å². The van der Waals surface area contributed by atoms with Gasteiger partial charge in [-0.15, -0.1) is 0 Å². The number of fused-ring (bicyclic) bond motifs is 1. The van der Waals surface area contributed by atoms with Gasteiger partial charge in [0.25, 0.3) is 0 Å². The number of methoxy groups -OCH3 is 1. The molecule has 0 radical (unpaired) electrons. The van der Waals surface area contributed by atoms with E-state index in [9.17, 15) is 0 Å². The van der Waals surface area contributed by atoms with Crippen molar-refractivity contribution in [1.82, 2.24) is 14.5 Å². The van der Waals surface area contributed by atoms with Gasteiger partial charge in [-0.2, -0.15) is 0 Å². The van der Waals surface area contributed by atoms with Crippen molar-refractivity contribution in [3.63, 3.8) is 0 Å². The van der Waals surface area contributed by atoms with E-state index < -0.39 is 0 Å². The molecule has 0 spiro atoms. The highest BCUT2D eigenvalue weighted by Gasteiger charge is 2.14. The smallest absolute Gasteiger partial charge is 0.184 e. The predicted molar refractivity (Wildman–Crippen MR) is 90.3 cm³/mol. The molecule has 3 rings (SSSR count). The minimum Gasteiger partial charge on any atom is -0.495 e. The normalized spacial score (nSPS) is 11.0. The van der Waals surface area contributed by atoms with E-state index in [1.807, 2.05) is 23.6 Å². The molecule has 21 heavy (non-hydrogen) atoms. The Hall–Kier alpha value is -1.37. The molecule has 1 N–H and O–H groups in total. The van der Waals surface area contributed by atoms with Gasteiger partial charge in [0.15, 0.2) is 10.4 Å². The number of hydrogen-bond acceptors (Lipinski definition) is 3. The highest BCUT2D eigenvalue weighted by atomic mass is 79.9. The average Bonchev–Trinajstić information content (AvgIpc) is 2.76. The Morgan fingerprint density at radius 1 is 1.38 bits per heavy atom.